The first-order chi connectivity index (χ1) is 10.1. The van der Waals surface area contributed by atoms with Gasteiger partial charge in [-0.05, 0) is 38.5 Å². The Morgan fingerprint density at radius 1 is 1.18 bits per heavy atom. The summed E-state index contributed by atoms with van der Waals surface area (Å²) in [6, 6.07) is 6.15. The molecule has 0 aromatic heterocycles. The maximum atomic E-state index is 11.9. The molecule has 0 radical (unpaired) electrons. The Kier molecular flexibility index (Phi) is 5.68. The molecule has 1 atom stereocenters. The molecule has 6 nitrogen and oxygen atoms in total. The van der Waals surface area contributed by atoms with E-state index in [-0.39, 0.29) is 12.5 Å². The van der Waals surface area contributed by atoms with Gasteiger partial charge in [-0.15, -0.1) is 0 Å². The molecule has 1 aromatic rings. The number of benzene rings is 1. The van der Waals surface area contributed by atoms with E-state index in [4.69, 9.17) is 4.74 Å². The second-order valence-electron chi connectivity index (χ2n) is 5.95. The zero-order chi connectivity index (χ0) is 16.9. The first-order valence-electron chi connectivity index (χ1n) is 6.90. The Hall–Kier alpha value is -2.37. The zero-order valence-electron chi connectivity index (χ0n) is 13.2. The summed E-state index contributed by atoms with van der Waals surface area (Å²) in [6.07, 6.45) is 0. The van der Waals surface area contributed by atoms with E-state index in [0.717, 1.165) is 0 Å². The van der Waals surface area contributed by atoms with Gasteiger partial charge in [-0.2, -0.15) is 0 Å². The number of carboxylic acids is 1. The minimum absolute atomic E-state index is 0.00352. The lowest BCUT2D eigenvalue weighted by atomic mass is 9.98. The van der Waals surface area contributed by atoms with Crippen LogP contribution < -0.4 is 5.32 Å². The molecule has 0 aliphatic carbocycles. The third-order valence-corrected chi connectivity index (χ3v) is 2.80. The van der Waals surface area contributed by atoms with Crippen LogP contribution in [0.4, 0.5) is 0 Å². The lowest BCUT2D eigenvalue weighted by Crippen LogP contribution is -2.30. The van der Waals surface area contributed by atoms with Crippen LogP contribution in [-0.4, -0.2) is 35.1 Å². The van der Waals surface area contributed by atoms with Crippen molar-refractivity contribution in [3.05, 3.63) is 35.4 Å². The highest BCUT2D eigenvalue weighted by molar-refractivity contribution is 5.90. The molecule has 22 heavy (non-hydrogen) atoms. The smallest absolute Gasteiger partial charge is 0.338 e. The number of nitrogens with one attached hydrogen (secondary N) is 1. The number of rotatable bonds is 5. The quantitative estimate of drug-likeness (QED) is 0.811. The average Bonchev–Trinajstić information content (AvgIpc) is 2.36. The van der Waals surface area contributed by atoms with Crippen molar-refractivity contribution in [3.8, 4) is 0 Å². The van der Waals surface area contributed by atoms with E-state index in [2.05, 4.69) is 5.32 Å². The van der Waals surface area contributed by atoms with Gasteiger partial charge in [0.05, 0.1) is 11.5 Å². The summed E-state index contributed by atoms with van der Waals surface area (Å²) in [4.78, 5) is 34.1. The van der Waals surface area contributed by atoms with Gasteiger partial charge in [-0.1, -0.05) is 12.1 Å². The van der Waals surface area contributed by atoms with Crippen LogP contribution in [-0.2, 0) is 14.3 Å². The molecule has 1 amide bonds. The predicted octanol–water partition coefficient (Wildman–Crippen LogP) is 1.95. The minimum Gasteiger partial charge on any atom is -0.481 e. The summed E-state index contributed by atoms with van der Waals surface area (Å²) in [5.74, 6) is -2.67. The van der Waals surface area contributed by atoms with Crippen LogP contribution in [0.15, 0.2) is 24.3 Å². The second kappa shape index (κ2) is 7.06. The summed E-state index contributed by atoms with van der Waals surface area (Å²) < 4.78 is 5.24. The number of carboxylic acid groups (broad SMARTS) is 1. The molecule has 0 bridgehead atoms. The van der Waals surface area contributed by atoms with Crippen molar-refractivity contribution in [2.45, 2.75) is 39.2 Å². The Labute approximate surface area is 129 Å². The van der Waals surface area contributed by atoms with Gasteiger partial charge in [0.1, 0.15) is 5.60 Å². The molecule has 120 valence electrons. The van der Waals surface area contributed by atoms with Crippen molar-refractivity contribution in [2.24, 2.45) is 0 Å². The summed E-state index contributed by atoms with van der Waals surface area (Å²) in [7, 11) is 0. The van der Waals surface area contributed by atoms with Crippen LogP contribution in [0.25, 0.3) is 0 Å². The van der Waals surface area contributed by atoms with Gasteiger partial charge in [0.2, 0.25) is 5.91 Å². The monoisotopic (exact) mass is 307 g/mol. The summed E-state index contributed by atoms with van der Waals surface area (Å²) in [5.41, 5.74) is 0.265. The standard InChI is InChI=1S/C16H21NO5/c1-10(18)17-9-13(14(19)20)11-5-7-12(8-6-11)15(21)22-16(2,3)4/h5-8,13H,9H2,1-4H3,(H,17,18)(H,19,20). The van der Waals surface area contributed by atoms with E-state index in [0.29, 0.717) is 11.1 Å². The molecular weight excluding hydrogens is 286 g/mol. The van der Waals surface area contributed by atoms with Crippen molar-refractivity contribution < 1.29 is 24.2 Å². The predicted molar refractivity (Wildman–Crippen MR) is 80.7 cm³/mol. The molecule has 6 heteroatoms. The Morgan fingerprint density at radius 2 is 1.73 bits per heavy atom. The van der Waals surface area contributed by atoms with E-state index in [1.807, 2.05) is 0 Å². The van der Waals surface area contributed by atoms with Crippen LogP contribution in [0.5, 0.6) is 0 Å². The van der Waals surface area contributed by atoms with E-state index >= 15 is 0 Å². The van der Waals surface area contributed by atoms with Crippen molar-refractivity contribution in [3.63, 3.8) is 0 Å². The third kappa shape index (κ3) is 5.55. The number of esters is 1. The highest BCUT2D eigenvalue weighted by atomic mass is 16.6. The normalized spacial score (nSPS) is 12.4. The van der Waals surface area contributed by atoms with Crippen molar-refractivity contribution in [1.29, 1.82) is 0 Å². The van der Waals surface area contributed by atoms with Crippen molar-refractivity contribution in [1.82, 2.24) is 5.32 Å². The number of ether oxygens (including phenoxy) is 1. The van der Waals surface area contributed by atoms with Crippen LogP contribution in [0, 0.1) is 0 Å². The number of hydrogen-bond donors (Lipinski definition) is 2. The third-order valence-electron chi connectivity index (χ3n) is 2.80. The van der Waals surface area contributed by atoms with Crippen molar-refractivity contribution >= 4 is 17.8 Å². The fourth-order valence-electron chi connectivity index (χ4n) is 1.78. The van der Waals surface area contributed by atoms with Crippen LogP contribution in [0.2, 0.25) is 0 Å². The molecule has 0 saturated heterocycles. The van der Waals surface area contributed by atoms with Gasteiger partial charge in [0, 0.05) is 13.5 Å². The Bertz CT molecular complexity index is 557. The fourth-order valence-corrected chi connectivity index (χ4v) is 1.78. The van der Waals surface area contributed by atoms with Gasteiger partial charge in [0.15, 0.2) is 0 Å². The number of hydrogen-bond acceptors (Lipinski definition) is 4. The summed E-state index contributed by atoms with van der Waals surface area (Å²) in [5, 5.41) is 11.7. The second-order valence-corrected chi connectivity index (χ2v) is 5.95. The Balaban J connectivity index is 2.87. The first-order valence-corrected chi connectivity index (χ1v) is 6.90. The molecule has 0 saturated carbocycles. The number of aliphatic carboxylic acids is 1. The molecule has 0 spiro atoms. The van der Waals surface area contributed by atoms with Gasteiger partial charge in [-0.3, -0.25) is 9.59 Å². The maximum Gasteiger partial charge on any atom is 0.338 e. The molecule has 2 N–H and O–H groups in total. The SMILES string of the molecule is CC(=O)NCC(C(=O)O)c1ccc(C(=O)OC(C)(C)C)cc1. The fraction of sp³-hybridized carbons (Fsp3) is 0.438. The summed E-state index contributed by atoms with van der Waals surface area (Å²) >= 11 is 0. The van der Waals surface area contributed by atoms with E-state index in [1.54, 1.807) is 32.9 Å². The topological polar surface area (TPSA) is 92.7 Å². The largest absolute Gasteiger partial charge is 0.481 e. The zero-order valence-corrected chi connectivity index (χ0v) is 13.2. The molecule has 1 unspecified atom stereocenters. The highest BCUT2D eigenvalue weighted by Gasteiger charge is 2.22. The first kappa shape index (κ1) is 17.7. The molecule has 1 aromatic carbocycles. The van der Waals surface area contributed by atoms with Gasteiger partial charge >= 0.3 is 11.9 Å². The van der Waals surface area contributed by atoms with E-state index in [1.165, 1.54) is 19.1 Å². The van der Waals surface area contributed by atoms with Gasteiger partial charge < -0.3 is 15.2 Å². The number of carbonyl (C=O) groups is 3. The molecule has 1 rings (SSSR count). The minimum atomic E-state index is -1.04. The van der Waals surface area contributed by atoms with Gasteiger partial charge in [0.25, 0.3) is 0 Å². The van der Waals surface area contributed by atoms with E-state index < -0.39 is 23.5 Å². The average molecular weight is 307 g/mol. The maximum absolute atomic E-state index is 11.9. The number of carbonyl (C=O) groups excluding carboxylic acids is 2. The highest BCUT2D eigenvalue weighted by Crippen LogP contribution is 2.18. The molecule has 0 aliphatic heterocycles. The lowest BCUT2D eigenvalue weighted by Gasteiger charge is -2.19. The molecule has 0 fully saturated rings. The molecular formula is C16H21NO5. The van der Waals surface area contributed by atoms with Crippen LogP contribution >= 0.6 is 0 Å². The molecule has 0 heterocycles. The summed E-state index contributed by atoms with van der Waals surface area (Å²) in [6.45, 7) is 6.63. The van der Waals surface area contributed by atoms with Gasteiger partial charge in [-0.25, -0.2) is 4.79 Å². The van der Waals surface area contributed by atoms with E-state index in [9.17, 15) is 19.5 Å². The van der Waals surface area contributed by atoms with Crippen LogP contribution in [0.3, 0.4) is 0 Å². The molecule has 0 aliphatic rings. The van der Waals surface area contributed by atoms with Crippen molar-refractivity contribution in [2.75, 3.05) is 6.54 Å². The Morgan fingerprint density at radius 3 is 2.14 bits per heavy atom. The number of amides is 1. The lowest BCUT2D eigenvalue weighted by molar-refractivity contribution is -0.138. The van der Waals surface area contributed by atoms with Crippen LogP contribution in [0.1, 0.15) is 49.5 Å².